The van der Waals surface area contributed by atoms with E-state index in [0.29, 0.717) is 18.7 Å². The lowest BCUT2D eigenvalue weighted by atomic mass is 10.0. The van der Waals surface area contributed by atoms with Gasteiger partial charge in [0.1, 0.15) is 6.04 Å². The number of halogens is 1. The number of anilines is 1. The second kappa shape index (κ2) is 8.29. The van der Waals surface area contributed by atoms with Crippen LogP contribution in [0, 0.1) is 6.92 Å². The summed E-state index contributed by atoms with van der Waals surface area (Å²) in [7, 11) is -3.45. The lowest BCUT2D eigenvalue weighted by Crippen LogP contribution is -2.52. The summed E-state index contributed by atoms with van der Waals surface area (Å²) in [6.07, 6.45) is 3.09. The smallest absolute Gasteiger partial charge is 0.243 e. The predicted molar refractivity (Wildman–Crippen MR) is 99.7 cm³/mol. The first-order chi connectivity index (χ1) is 11.7. The van der Waals surface area contributed by atoms with Crippen LogP contribution in [0.1, 0.15) is 24.8 Å². The highest BCUT2D eigenvalue weighted by Crippen LogP contribution is 2.21. The predicted octanol–water partition coefficient (Wildman–Crippen LogP) is 1.63. The third kappa shape index (κ3) is 5.52. The Hall–Kier alpha value is -1.45. The lowest BCUT2D eigenvalue weighted by Gasteiger charge is -2.32. The summed E-state index contributed by atoms with van der Waals surface area (Å²) < 4.78 is 25.7. The minimum atomic E-state index is -3.45. The van der Waals surface area contributed by atoms with Gasteiger partial charge in [-0.3, -0.25) is 9.59 Å². The van der Waals surface area contributed by atoms with Gasteiger partial charge in [-0.25, -0.2) is 8.42 Å². The quantitative estimate of drug-likeness (QED) is 0.740. The van der Waals surface area contributed by atoms with Gasteiger partial charge in [-0.1, -0.05) is 22.4 Å². The summed E-state index contributed by atoms with van der Waals surface area (Å²) in [5.74, 6) is -0.798. The Labute approximate surface area is 156 Å². The SMILES string of the molecule is Cc1cc(Br)ccc1NC(=O)CNC(=O)C1CCCCN1S(C)(=O)=O. The summed E-state index contributed by atoms with van der Waals surface area (Å²) >= 11 is 3.35. The molecule has 9 heteroatoms. The number of carbonyl (C=O) groups excluding carboxylic acids is 2. The van der Waals surface area contributed by atoms with Crippen LogP contribution in [0.2, 0.25) is 0 Å². The summed E-state index contributed by atoms with van der Waals surface area (Å²) in [6.45, 7) is 1.99. The van der Waals surface area contributed by atoms with E-state index in [2.05, 4.69) is 26.6 Å². The Kier molecular flexibility index (Phi) is 6.59. The molecule has 25 heavy (non-hydrogen) atoms. The third-order valence-corrected chi connectivity index (χ3v) is 5.85. The van der Waals surface area contributed by atoms with Gasteiger partial charge >= 0.3 is 0 Å². The molecule has 1 heterocycles. The zero-order valence-corrected chi connectivity index (χ0v) is 16.6. The topological polar surface area (TPSA) is 95.6 Å². The van der Waals surface area contributed by atoms with Gasteiger partial charge in [0.05, 0.1) is 12.8 Å². The molecule has 0 bridgehead atoms. The monoisotopic (exact) mass is 431 g/mol. The molecule has 1 saturated heterocycles. The summed E-state index contributed by atoms with van der Waals surface area (Å²) in [4.78, 5) is 24.4. The molecule has 2 amide bonds. The minimum Gasteiger partial charge on any atom is -0.346 e. The van der Waals surface area contributed by atoms with Gasteiger partial charge in [0, 0.05) is 16.7 Å². The fourth-order valence-electron chi connectivity index (χ4n) is 2.81. The maximum Gasteiger partial charge on any atom is 0.243 e. The number of carbonyl (C=O) groups is 2. The fraction of sp³-hybridized carbons (Fsp3) is 0.500. The van der Waals surface area contributed by atoms with Crippen molar-refractivity contribution in [1.82, 2.24) is 9.62 Å². The highest BCUT2D eigenvalue weighted by atomic mass is 79.9. The van der Waals surface area contributed by atoms with Crippen molar-refractivity contribution in [2.24, 2.45) is 0 Å². The number of nitrogens with one attached hydrogen (secondary N) is 2. The standard InChI is InChI=1S/C16H22BrN3O4S/c1-11-9-12(17)6-7-13(11)19-15(21)10-18-16(22)14-5-3-4-8-20(14)25(2,23)24/h6-7,9,14H,3-5,8,10H2,1-2H3,(H,18,22)(H,19,21). The first kappa shape index (κ1) is 19.9. The molecule has 0 radical (unpaired) electrons. The third-order valence-electron chi connectivity index (χ3n) is 4.07. The van der Waals surface area contributed by atoms with Crippen LogP contribution >= 0.6 is 15.9 Å². The van der Waals surface area contributed by atoms with Gasteiger partial charge in [-0.05, 0) is 43.5 Å². The normalized spacial score (nSPS) is 18.6. The Bertz CT molecular complexity index is 767. The van der Waals surface area contributed by atoms with Crippen LogP contribution in [0.3, 0.4) is 0 Å². The van der Waals surface area contributed by atoms with Crippen LogP contribution in [0.15, 0.2) is 22.7 Å². The van der Waals surface area contributed by atoms with Gasteiger partial charge in [-0.15, -0.1) is 0 Å². The van der Waals surface area contributed by atoms with E-state index < -0.39 is 22.0 Å². The number of sulfonamides is 1. The number of aryl methyl sites for hydroxylation is 1. The van der Waals surface area contributed by atoms with E-state index in [4.69, 9.17) is 0 Å². The molecule has 1 aromatic carbocycles. The average Bonchev–Trinajstić information content (AvgIpc) is 2.54. The number of amides is 2. The molecule has 7 nitrogen and oxygen atoms in total. The van der Waals surface area contributed by atoms with Crippen LogP contribution in [-0.2, 0) is 19.6 Å². The van der Waals surface area contributed by atoms with Crippen LogP contribution in [0.25, 0.3) is 0 Å². The van der Waals surface area contributed by atoms with Crippen molar-refractivity contribution in [3.8, 4) is 0 Å². The van der Waals surface area contributed by atoms with E-state index in [9.17, 15) is 18.0 Å². The van der Waals surface area contributed by atoms with Crippen molar-refractivity contribution in [3.05, 3.63) is 28.2 Å². The first-order valence-electron chi connectivity index (χ1n) is 7.99. The molecule has 1 unspecified atom stereocenters. The number of hydrogen-bond acceptors (Lipinski definition) is 4. The highest BCUT2D eigenvalue weighted by Gasteiger charge is 2.34. The summed E-state index contributed by atoms with van der Waals surface area (Å²) in [5, 5.41) is 5.27. The van der Waals surface area contributed by atoms with Crippen molar-refractivity contribution in [1.29, 1.82) is 0 Å². The molecular weight excluding hydrogens is 410 g/mol. The zero-order chi connectivity index (χ0) is 18.6. The minimum absolute atomic E-state index is 0.206. The van der Waals surface area contributed by atoms with Gasteiger partial charge in [0.2, 0.25) is 21.8 Å². The van der Waals surface area contributed by atoms with Crippen LogP contribution in [0.5, 0.6) is 0 Å². The van der Waals surface area contributed by atoms with Crippen molar-refractivity contribution in [3.63, 3.8) is 0 Å². The molecule has 138 valence electrons. The zero-order valence-electron chi connectivity index (χ0n) is 14.2. The van der Waals surface area contributed by atoms with E-state index in [1.165, 1.54) is 4.31 Å². The van der Waals surface area contributed by atoms with Crippen molar-refractivity contribution in [2.45, 2.75) is 32.2 Å². The fourth-order valence-corrected chi connectivity index (χ4v) is 4.41. The molecule has 0 saturated carbocycles. The molecule has 0 aliphatic carbocycles. The van der Waals surface area contributed by atoms with Crippen LogP contribution < -0.4 is 10.6 Å². The number of benzene rings is 1. The molecule has 0 aromatic heterocycles. The number of nitrogens with zero attached hydrogens (tertiary/aromatic N) is 1. The molecule has 1 atom stereocenters. The maximum absolute atomic E-state index is 12.3. The lowest BCUT2D eigenvalue weighted by molar-refractivity contribution is -0.127. The van der Waals surface area contributed by atoms with Crippen LogP contribution in [-0.4, -0.2) is 49.9 Å². The van der Waals surface area contributed by atoms with Crippen molar-refractivity contribution in [2.75, 3.05) is 24.7 Å². The number of piperidine rings is 1. The Morgan fingerprint density at radius 1 is 1.32 bits per heavy atom. The Morgan fingerprint density at radius 3 is 2.68 bits per heavy atom. The first-order valence-corrected chi connectivity index (χ1v) is 10.6. The van der Waals surface area contributed by atoms with Gasteiger partial charge in [0.25, 0.3) is 0 Å². The second-order valence-electron chi connectivity index (χ2n) is 6.11. The molecular formula is C16H22BrN3O4S. The van der Waals surface area contributed by atoms with Crippen LogP contribution in [0.4, 0.5) is 5.69 Å². The Balaban J connectivity index is 1.93. The summed E-state index contributed by atoms with van der Waals surface area (Å²) in [5.41, 5.74) is 1.56. The van der Waals surface area contributed by atoms with E-state index in [0.717, 1.165) is 29.1 Å². The molecule has 1 aliphatic heterocycles. The summed E-state index contributed by atoms with van der Waals surface area (Å²) in [6, 6.07) is 4.71. The maximum atomic E-state index is 12.3. The van der Waals surface area contributed by atoms with Gasteiger partial charge in [0.15, 0.2) is 0 Å². The largest absolute Gasteiger partial charge is 0.346 e. The number of hydrogen-bond donors (Lipinski definition) is 2. The molecule has 1 aromatic rings. The van der Waals surface area contributed by atoms with Gasteiger partial charge in [-0.2, -0.15) is 4.31 Å². The molecule has 1 fully saturated rings. The van der Waals surface area contributed by atoms with Crippen molar-refractivity contribution < 1.29 is 18.0 Å². The molecule has 1 aliphatic rings. The highest BCUT2D eigenvalue weighted by molar-refractivity contribution is 9.10. The molecule has 2 N–H and O–H groups in total. The molecule has 0 spiro atoms. The average molecular weight is 432 g/mol. The van der Waals surface area contributed by atoms with Gasteiger partial charge < -0.3 is 10.6 Å². The van der Waals surface area contributed by atoms with E-state index >= 15 is 0 Å². The van der Waals surface area contributed by atoms with E-state index in [1.807, 2.05) is 19.1 Å². The second-order valence-corrected chi connectivity index (χ2v) is 8.96. The van der Waals surface area contributed by atoms with Crippen molar-refractivity contribution >= 4 is 43.5 Å². The van der Waals surface area contributed by atoms with E-state index in [-0.39, 0.29) is 12.5 Å². The molecule has 2 rings (SSSR count). The number of rotatable bonds is 5. The Morgan fingerprint density at radius 2 is 2.04 bits per heavy atom. The van der Waals surface area contributed by atoms with E-state index in [1.54, 1.807) is 6.07 Å².